The first-order chi connectivity index (χ1) is 9.20. The fourth-order valence-corrected chi connectivity index (χ4v) is 2.41. The second-order valence-electron chi connectivity index (χ2n) is 4.35. The standard InChI is InChI=1S/C14H18BrN3O/c1-16-10-11-3-4-13(12(15)9-11)19-8-5-14-17-6-7-18(14)2/h3-4,6-7,9,16H,5,8,10H2,1-2H3. The minimum absolute atomic E-state index is 0.620. The number of aryl methyl sites for hydroxylation is 1. The number of hydrogen-bond donors (Lipinski definition) is 1. The maximum absolute atomic E-state index is 5.78. The van der Waals surface area contributed by atoms with Crippen LogP contribution in [0.15, 0.2) is 35.1 Å². The highest BCUT2D eigenvalue weighted by Crippen LogP contribution is 2.26. The van der Waals surface area contributed by atoms with Gasteiger partial charge in [-0.25, -0.2) is 4.98 Å². The molecular formula is C14H18BrN3O. The third-order valence-electron chi connectivity index (χ3n) is 2.88. The molecule has 0 aliphatic heterocycles. The van der Waals surface area contributed by atoms with Crippen LogP contribution in [0.5, 0.6) is 5.75 Å². The maximum atomic E-state index is 5.78. The first kappa shape index (κ1) is 14.1. The lowest BCUT2D eigenvalue weighted by atomic mass is 10.2. The van der Waals surface area contributed by atoms with E-state index in [1.165, 1.54) is 5.56 Å². The number of imidazole rings is 1. The summed E-state index contributed by atoms with van der Waals surface area (Å²) in [5, 5.41) is 3.13. The van der Waals surface area contributed by atoms with Gasteiger partial charge in [-0.1, -0.05) is 6.07 Å². The quantitative estimate of drug-likeness (QED) is 0.887. The van der Waals surface area contributed by atoms with Gasteiger partial charge in [0.05, 0.1) is 11.1 Å². The number of benzene rings is 1. The summed E-state index contributed by atoms with van der Waals surface area (Å²) >= 11 is 3.54. The summed E-state index contributed by atoms with van der Waals surface area (Å²) in [6.45, 7) is 1.47. The predicted molar refractivity (Wildman–Crippen MR) is 79.3 cm³/mol. The van der Waals surface area contributed by atoms with E-state index in [4.69, 9.17) is 4.74 Å². The van der Waals surface area contributed by atoms with E-state index < -0.39 is 0 Å². The van der Waals surface area contributed by atoms with Crippen molar-refractivity contribution in [2.75, 3.05) is 13.7 Å². The van der Waals surface area contributed by atoms with Gasteiger partial charge in [-0.2, -0.15) is 0 Å². The zero-order valence-corrected chi connectivity index (χ0v) is 12.8. The largest absolute Gasteiger partial charge is 0.492 e. The third-order valence-corrected chi connectivity index (χ3v) is 3.50. The maximum Gasteiger partial charge on any atom is 0.133 e. The molecule has 2 aromatic rings. The molecule has 1 N–H and O–H groups in total. The average molecular weight is 324 g/mol. The molecule has 0 unspecified atom stereocenters. The van der Waals surface area contributed by atoms with Crippen molar-refractivity contribution in [3.63, 3.8) is 0 Å². The molecule has 0 aliphatic rings. The second-order valence-corrected chi connectivity index (χ2v) is 5.20. The SMILES string of the molecule is CNCc1ccc(OCCc2nccn2C)c(Br)c1. The zero-order valence-electron chi connectivity index (χ0n) is 11.2. The fourth-order valence-electron chi connectivity index (χ4n) is 1.87. The number of hydrogen-bond acceptors (Lipinski definition) is 3. The predicted octanol–water partition coefficient (Wildman–Crippen LogP) is 2.52. The highest BCUT2D eigenvalue weighted by Gasteiger charge is 2.04. The Morgan fingerprint density at radius 3 is 2.89 bits per heavy atom. The van der Waals surface area contributed by atoms with Gasteiger partial charge in [0.2, 0.25) is 0 Å². The summed E-state index contributed by atoms with van der Waals surface area (Å²) in [5.74, 6) is 1.90. The van der Waals surface area contributed by atoms with Crippen LogP contribution in [-0.2, 0) is 20.0 Å². The van der Waals surface area contributed by atoms with Crippen LogP contribution in [-0.4, -0.2) is 23.2 Å². The van der Waals surface area contributed by atoms with E-state index in [1.54, 1.807) is 6.20 Å². The van der Waals surface area contributed by atoms with Gasteiger partial charge in [-0.05, 0) is 40.7 Å². The van der Waals surface area contributed by atoms with Crippen LogP contribution in [0.4, 0.5) is 0 Å². The molecule has 19 heavy (non-hydrogen) atoms. The monoisotopic (exact) mass is 323 g/mol. The van der Waals surface area contributed by atoms with Crippen LogP contribution in [0.2, 0.25) is 0 Å². The van der Waals surface area contributed by atoms with Gasteiger partial charge >= 0.3 is 0 Å². The molecule has 0 spiro atoms. The van der Waals surface area contributed by atoms with Crippen LogP contribution >= 0.6 is 15.9 Å². The van der Waals surface area contributed by atoms with Gasteiger partial charge in [-0.15, -0.1) is 0 Å². The van der Waals surface area contributed by atoms with E-state index >= 15 is 0 Å². The summed E-state index contributed by atoms with van der Waals surface area (Å²) in [7, 11) is 3.93. The van der Waals surface area contributed by atoms with Crippen LogP contribution in [0.1, 0.15) is 11.4 Å². The van der Waals surface area contributed by atoms with Crippen molar-refractivity contribution in [2.45, 2.75) is 13.0 Å². The summed E-state index contributed by atoms with van der Waals surface area (Å²) in [6.07, 6.45) is 4.55. The fraction of sp³-hybridized carbons (Fsp3) is 0.357. The molecule has 0 aliphatic carbocycles. The first-order valence-corrected chi connectivity index (χ1v) is 7.02. The van der Waals surface area contributed by atoms with Crippen molar-refractivity contribution in [3.8, 4) is 5.75 Å². The number of halogens is 1. The van der Waals surface area contributed by atoms with E-state index in [0.29, 0.717) is 6.61 Å². The molecule has 102 valence electrons. The van der Waals surface area contributed by atoms with E-state index in [0.717, 1.165) is 29.0 Å². The minimum Gasteiger partial charge on any atom is -0.492 e. The highest BCUT2D eigenvalue weighted by atomic mass is 79.9. The van der Waals surface area contributed by atoms with Gasteiger partial charge in [0.1, 0.15) is 11.6 Å². The highest BCUT2D eigenvalue weighted by molar-refractivity contribution is 9.10. The minimum atomic E-state index is 0.620. The normalized spacial score (nSPS) is 10.7. The Balaban J connectivity index is 1.91. The second kappa shape index (κ2) is 6.73. The lowest BCUT2D eigenvalue weighted by Crippen LogP contribution is -2.07. The molecular weight excluding hydrogens is 306 g/mol. The number of nitrogens with one attached hydrogen (secondary N) is 1. The molecule has 0 fully saturated rings. The zero-order chi connectivity index (χ0) is 13.7. The summed E-state index contributed by atoms with van der Waals surface area (Å²) in [6, 6.07) is 6.14. The molecule has 1 aromatic heterocycles. The summed E-state index contributed by atoms with van der Waals surface area (Å²) in [4.78, 5) is 4.27. The van der Waals surface area contributed by atoms with Crippen molar-refractivity contribution >= 4 is 15.9 Å². The molecule has 0 radical (unpaired) electrons. The molecule has 1 heterocycles. The molecule has 0 amide bonds. The van der Waals surface area contributed by atoms with Crippen molar-refractivity contribution in [1.82, 2.24) is 14.9 Å². The molecule has 4 nitrogen and oxygen atoms in total. The molecule has 0 bridgehead atoms. The van der Waals surface area contributed by atoms with E-state index in [9.17, 15) is 0 Å². The molecule has 2 rings (SSSR count). The van der Waals surface area contributed by atoms with Crippen LogP contribution in [0.25, 0.3) is 0 Å². The molecule has 0 atom stereocenters. The number of ether oxygens (including phenoxy) is 1. The van der Waals surface area contributed by atoms with Gasteiger partial charge in [0.15, 0.2) is 0 Å². The third kappa shape index (κ3) is 3.81. The Labute approximate surface area is 121 Å². The summed E-state index contributed by atoms with van der Waals surface area (Å²) in [5.41, 5.74) is 1.23. The Bertz CT molecular complexity index is 539. The Hall–Kier alpha value is -1.33. The Morgan fingerprint density at radius 2 is 2.26 bits per heavy atom. The van der Waals surface area contributed by atoms with Crippen molar-refractivity contribution in [1.29, 1.82) is 0 Å². The molecule has 0 saturated heterocycles. The van der Waals surface area contributed by atoms with Crippen molar-refractivity contribution in [2.24, 2.45) is 7.05 Å². The van der Waals surface area contributed by atoms with Gasteiger partial charge < -0.3 is 14.6 Å². The van der Waals surface area contributed by atoms with E-state index in [1.807, 2.05) is 30.9 Å². The van der Waals surface area contributed by atoms with Crippen LogP contribution in [0.3, 0.4) is 0 Å². The van der Waals surface area contributed by atoms with E-state index in [-0.39, 0.29) is 0 Å². The molecule has 5 heteroatoms. The average Bonchev–Trinajstić information content (AvgIpc) is 2.78. The Morgan fingerprint density at radius 1 is 1.42 bits per heavy atom. The van der Waals surface area contributed by atoms with E-state index in [2.05, 4.69) is 38.4 Å². The van der Waals surface area contributed by atoms with Gasteiger partial charge in [0.25, 0.3) is 0 Å². The number of rotatable bonds is 6. The lowest BCUT2D eigenvalue weighted by molar-refractivity contribution is 0.315. The topological polar surface area (TPSA) is 39.1 Å². The number of nitrogens with zero attached hydrogens (tertiary/aromatic N) is 2. The van der Waals surface area contributed by atoms with Crippen molar-refractivity contribution < 1.29 is 4.74 Å². The smallest absolute Gasteiger partial charge is 0.133 e. The summed E-state index contributed by atoms with van der Waals surface area (Å²) < 4.78 is 8.77. The Kier molecular flexibility index (Phi) is 4.99. The van der Waals surface area contributed by atoms with Crippen LogP contribution in [0, 0.1) is 0 Å². The van der Waals surface area contributed by atoms with Crippen LogP contribution < -0.4 is 10.1 Å². The lowest BCUT2D eigenvalue weighted by Gasteiger charge is -2.09. The van der Waals surface area contributed by atoms with Gasteiger partial charge in [0, 0.05) is 32.4 Å². The van der Waals surface area contributed by atoms with Gasteiger partial charge in [-0.3, -0.25) is 0 Å². The molecule has 1 aromatic carbocycles. The first-order valence-electron chi connectivity index (χ1n) is 6.22. The number of aromatic nitrogens is 2. The molecule has 0 saturated carbocycles. The van der Waals surface area contributed by atoms with Crippen molar-refractivity contribution in [3.05, 3.63) is 46.5 Å².